The summed E-state index contributed by atoms with van der Waals surface area (Å²) in [5.41, 5.74) is 1.71. The van der Waals surface area contributed by atoms with Gasteiger partial charge in [0.25, 0.3) is 5.91 Å². The Bertz CT molecular complexity index is 1160. The average molecular weight is 440 g/mol. The lowest BCUT2D eigenvalue weighted by molar-refractivity contribution is -0.122. The molecule has 2 aliphatic rings. The Morgan fingerprint density at radius 2 is 2.10 bits per heavy atom. The number of thiophene rings is 1. The maximum Gasteiger partial charge on any atom is 0.274 e. The van der Waals surface area contributed by atoms with Crippen molar-refractivity contribution in [3.63, 3.8) is 0 Å². The summed E-state index contributed by atoms with van der Waals surface area (Å²) in [6, 6.07) is 2.97. The zero-order valence-corrected chi connectivity index (χ0v) is 17.9. The van der Waals surface area contributed by atoms with E-state index in [1.54, 1.807) is 11.1 Å². The number of likely N-dealkylation sites (tertiary alicyclic amines) is 1. The molecule has 5 rings (SSSR count). The summed E-state index contributed by atoms with van der Waals surface area (Å²) in [5, 5.41) is 5.03. The molecule has 1 atom stereocenters. The molecule has 1 saturated carbocycles. The fourth-order valence-corrected chi connectivity index (χ4v) is 4.70. The van der Waals surface area contributed by atoms with E-state index in [0.29, 0.717) is 48.0 Å². The van der Waals surface area contributed by atoms with Crippen LogP contribution in [-0.2, 0) is 4.79 Å². The molecular weight excluding hydrogens is 417 g/mol. The van der Waals surface area contributed by atoms with E-state index in [1.165, 1.54) is 17.4 Å². The van der Waals surface area contributed by atoms with Gasteiger partial charge in [0, 0.05) is 37.5 Å². The molecule has 4 heterocycles. The maximum absolute atomic E-state index is 13.5. The summed E-state index contributed by atoms with van der Waals surface area (Å²) in [4.78, 5) is 39.8. The van der Waals surface area contributed by atoms with Gasteiger partial charge in [-0.25, -0.2) is 14.4 Å². The maximum atomic E-state index is 13.5. The van der Waals surface area contributed by atoms with Crippen molar-refractivity contribution in [2.75, 3.05) is 18.4 Å². The van der Waals surface area contributed by atoms with Gasteiger partial charge in [-0.1, -0.05) is 0 Å². The second-order valence-corrected chi connectivity index (χ2v) is 9.27. The molecule has 1 amide bonds. The van der Waals surface area contributed by atoms with Gasteiger partial charge >= 0.3 is 0 Å². The Morgan fingerprint density at radius 3 is 2.84 bits per heavy atom. The fourth-order valence-electron chi connectivity index (χ4n) is 3.89. The standard InChI is InChI=1S/C22H22FN5O2S/c1-12(15-7-16(23)9-24-8-15)25-22-26-17-4-5-31-20(17)19(27-22)21(30)28-10-13(11-28)6-18(29)14-2-3-14/h4-5,7-9,12-14H,2-3,6,10-11H2,1H3,(H,25,26,27)/t12-/m0/s1. The van der Waals surface area contributed by atoms with E-state index in [2.05, 4.69) is 20.3 Å². The lowest BCUT2D eigenvalue weighted by Crippen LogP contribution is -2.50. The fraction of sp³-hybridized carbons (Fsp3) is 0.409. The number of carbonyl (C=O) groups is 2. The van der Waals surface area contributed by atoms with Gasteiger partial charge in [0.1, 0.15) is 11.6 Å². The lowest BCUT2D eigenvalue weighted by Gasteiger charge is -2.39. The van der Waals surface area contributed by atoms with Crippen molar-refractivity contribution in [1.29, 1.82) is 0 Å². The first-order chi connectivity index (χ1) is 15.0. The number of nitrogens with zero attached hydrogens (tertiary/aromatic N) is 4. The van der Waals surface area contributed by atoms with Crippen LogP contribution >= 0.6 is 11.3 Å². The van der Waals surface area contributed by atoms with Crippen molar-refractivity contribution in [1.82, 2.24) is 19.9 Å². The van der Waals surface area contributed by atoms with Crippen LogP contribution in [0.1, 0.15) is 48.3 Å². The Hall–Kier alpha value is -2.94. The van der Waals surface area contributed by atoms with Crippen LogP contribution in [0, 0.1) is 17.7 Å². The number of hydrogen-bond donors (Lipinski definition) is 1. The van der Waals surface area contributed by atoms with Gasteiger partial charge in [-0.15, -0.1) is 11.3 Å². The first-order valence-electron chi connectivity index (χ1n) is 10.4. The molecule has 0 unspecified atom stereocenters. The van der Waals surface area contributed by atoms with Crippen LogP contribution in [0.25, 0.3) is 10.2 Å². The second-order valence-electron chi connectivity index (χ2n) is 8.35. The number of anilines is 1. The monoisotopic (exact) mass is 439 g/mol. The SMILES string of the molecule is C[C@H](Nc1nc(C(=O)N2CC(CC(=O)C3CC3)C2)c2sccc2n1)c1cncc(F)c1. The number of carbonyl (C=O) groups excluding carboxylic acids is 2. The predicted molar refractivity (Wildman–Crippen MR) is 115 cm³/mol. The van der Waals surface area contributed by atoms with Crippen LogP contribution in [0.4, 0.5) is 10.3 Å². The molecule has 0 aromatic carbocycles. The highest BCUT2D eigenvalue weighted by Crippen LogP contribution is 2.34. The van der Waals surface area contributed by atoms with Gasteiger partial charge in [-0.2, -0.15) is 0 Å². The third kappa shape index (κ3) is 4.14. The molecule has 0 spiro atoms. The van der Waals surface area contributed by atoms with Crippen LogP contribution < -0.4 is 5.32 Å². The summed E-state index contributed by atoms with van der Waals surface area (Å²) in [6.45, 7) is 3.03. The van der Waals surface area contributed by atoms with Crippen molar-refractivity contribution in [3.8, 4) is 0 Å². The van der Waals surface area contributed by atoms with Crippen LogP contribution in [0.5, 0.6) is 0 Å². The molecule has 3 aromatic rings. The molecule has 1 N–H and O–H groups in total. The van der Waals surface area contributed by atoms with E-state index in [1.807, 2.05) is 18.4 Å². The van der Waals surface area contributed by atoms with Crippen molar-refractivity contribution in [2.24, 2.45) is 11.8 Å². The summed E-state index contributed by atoms with van der Waals surface area (Å²) < 4.78 is 14.2. The molecule has 160 valence electrons. The minimum Gasteiger partial charge on any atom is -0.348 e. The zero-order chi connectivity index (χ0) is 21.5. The minimum atomic E-state index is -0.413. The Balaban J connectivity index is 1.32. The third-order valence-corrected chi connectivity index (χ3v) is 6.76. The molecule has 9 heteroatoms. The smallest absolute Gasteiger partial charge is 0.274 e. The lowest BCUT2D eigenvalue weighted by atomic mass is 9.92. The second kappa shape index (κ2) is 7.96. The highest BCUT2D eigenvalue weighted by atomic mass is 32.1. The van der Waals surface area contributed by atoms with Gasteiger partial charge in [0.05, 0.1) is 22.5 Å². The number of amides is 1. The van der Waals surface area contributed by atoms with Crippen molar-refractivity contribution < 1.29 is 14.0 Å². The number of nitrogens with one attached hydrogen (secondary N) is 1. The van der Waals surface area contributed by atoms with Crippen LogP contribution in [-0.4, -0.2) is 44.6 Å². The van der Waals surface area contributed by atoms with E-state index >= 15 is 0 Å². The highest BCUT2D eigenvalue weighted by molar-refractivity contribution is 7.17. The summed E-state index contributed by atoms with van der Waals surface area (Å²) in [5.74, 6) is 0.605. The van der Waals surface area contributed by atoms with E-state index in [0.717, 1.165) is 23.7 Å². The Labute approximate surface area is 182 Å². The zero-order valence-electron chi connectivity index (χ0n) is 17.0. The summed E-state index contributed by atoms with van der Waals surface area (Å²) in [7, 11) is 0. The van der Waals surface area contributed by atoms with E-state index < -0.39 is 5.82 Å². The van der Waals surface area contributed by atoms with Gasteiger partial charge in [0.2, 0.25) is 5.95 Å². The molecule has 7 nitrogen and oxygen atoms in total. The van der Waals surface area contributed by atoms with E-state index in [-0.39, 0.29) is 23.8 Å². The molecular formula is C22H22FN5O2S. The molecule has 2 fully saturated rings. The predicted octanol–water partition coefficient (Wildman–Crippen LogP) is 3.84. The first kappa shape index (κ1) is 20.0. The number of aromatic nitrogens is 3. The third-order valence-electron chi connectivity index (χ3n) is 5.84. The highest BCUT2D eigenvalue weighted by Gasteiger charge is 2.37. The number of ketones is 1. The number of hydrogen-bond acceptors (Lipinski definition) is 7. The van der Waals surface area contributed by atoms with Crippen molar-refractivity contribution >= 4 is 39.2 Å². The average Bonchev–Trinajstić information content (AvgIpc) is 3.47. The largest absolute Gasteiger partial charge is 0.348 e. The molecule has 1 aliphatic carbocycles. The molecule has 0 bridgehead atoms. The number of halogens is 1. The molecule has 1 saturated heterocycles. The van der Waals surface area contributed by atoms with Gasteiger partial charge in [-0.05, 0) is 42.8 Å². The van der Waals surface area contributed by atoms with Gasteiger partial charge in [-0.3, -0.25) is 14.6 Å². The van der Waals surface area contributed by atoms with Crippen molar-refractivity contribution in [3.05, 3.63) is 47.0 Å². The van der Waals surface area contributed by atoms with Crippen LogP contribution in [0.2, 0.25) is 0 Å². The number of Topliss-reactive ketones (excluding diaryl/α,β-unsaturated/α-hetero) is 1. The van der Waals surface area contributed by atoms with Crippen molar-refractivity contribution in [2.45, 2.75) is 32.2 Å². The van der Waals surface area contributed by atoms with Gasteiger partial charge in [0.15, 0.2) is 5.69 Å². The van der Waals surface area contributed by atoms with E-state index in [4.69, 9.17) is 0 Å². The number of rotatable bonds is 7. The topological polar surface area (TPSA) is 88.1 Å². The van der Waals surface area contributed by atoms with Crippen LogP contribution in [0.3, 0.4) is 0 Å². The van der Waals surface area contributed by atoms with Gasteiger partial charge < -0.3 is 10.2 Å². The Morgan fingerprint density at radius 1 is 1.29 bits per heavy atom. The minimum absolute atomic E-state index is 0.145. The molecule has 3 aromatic heterocycles. The molecule has 0 radical (unpaired) electrons. The Kier molecular flexibility index (Phi) is 5.13. The number of fused-ring (bicyclic) bond motifs is 1. The summed E-state index contributed by atoms with van der Waals surface area (Å²) >= 11 is 1.43. The molecule has 1 aliphatic heterocycles. The quantitative estimate of drug-likeness (QED) is 0.602. The molecule has 31 heavy (non-hydrogen) atoms. The normalized spacial score (nSPS) is 17.4. The van der Waals surface area contributed by atoms with Crippen LogP contribution in [0.15, 0.2) is 29.9 Å². The van der Waals surface area contributed by atoms with E-state index in [9.17, 15) is 14.0 Å². The number of pyridine rings is 1. The summed E-state index contributed by atoms with van der Waals surface area (Å²) in [6.07, 6.45) is 5.34. The first-order valence-corrected chi connectivity index (χ1v) is 11.3.